The summed E-state index contributed by atoms with van der Waals surface area (Å²) in [7, 11) is 8.51. The maximum absolute atomic E-state index is 12.3. The second kappa shape index (κ2) is 24.0. The SMILES string of the molecule is CCCCCCCCCC[N+](C)(C)CC(=O)COCCOCC(=O)C[N+](C)(C)CCCCCCCCCC. The molecule has 0 radical (unpaired) electrons. The van der Waals surface area contributed by atoms with Crippen LogP contribution < -0.4 is 0 Å². The summed E-state index contributed by atoms with van der Waals surface area (Å²) in [5, 5.41) is 0. The minimum Gasteiger partial charge on any atom is -0.371 e. The first-order chi connectivity index (χ1) is 18.1. The summed E-state index contributed by atoms with van der Waals surface area (Å²) < 4.78 is 12.5. The van der Waals surface area contributed by atoms with Crippen molar-refractivity contribution in [2.24, 2.45) is 0 Å². The number of quaternary nitrogens is 2. The molecular formula is C32H66N2O4+2. The van der Waals surface area contributed by atoms with Crippen LogP contribution in [0.15, 0.2) is 0 Å². The molecule has 0 heterocycles. The molecule has 0 N–H and O–H groups in total. The Bertz CT molecular complexity index is 528. The van der Waals surface area contributed by atoms with Crippen LogP contribution in [0.1, 0.15) is 117 Å². The molecule has 0 amide bonds. The fourth-order valence-electron chi connectivity index (χ4n) is 5.04. The van der Waals surface area contributed by atoms with Gasteiger partial charge in [-0.1, -0.05) is 90.9 Å². The van der Waals surface area contributed by atoms with Crippen LogP contribution in [0.2, 0.25) is 0 Å². The average Bonchev–Trinajstić information content (AvgIpc) is 2.84. The van der Waals surface area contributed by atoms with Gasteiger partial charge < -0.3 is 18.4 Å². The van der Waals surface area contributed by atoms with E-state index in [0.717, 1.165) is 22.1 Å². The van der Waals surface area contributed by atoms with E-state index < -0.39 is 0 Å². The van der Waals surface area contributed by atoms with Crippen molar-refractivity contribution in [3.05, 3.63) is 0 Å². The van der Waals surface area contributed by atoms with E-state index in [4.69, 9.17) is 9.47 Å². The number of Topliss-reactive ketones (excluding diaryl/α,β-unsaturated/α-hetero) is 2. The Morgan fingerprint density at radius 1 is 0.474 bits per heavy atom. The first-order valence-electron chi connectivity index (χ1n) is 15.9. The van der Waals surface area contributed by atoms with E-state index >= 15 is 0 Å². The molecule has 0 aliphatic rings. The van der Waals surface area contributed by atoms with Gasteiger partial charge >= 0.3 is 0 Å². The molecular weight excluding hydrogens is 476 g/mol. The Hall–Kier alpha value is -0.820. The summed E-state index contributed by atoms with van der Waals surface area (Å²) in [6.07, 6.45) is 20.9. The van der Waals surface area contributed by atoms with Crippen molar-refractivity contribution in [2.75, 3.05) is 80.8 Å². The summed E-state index contributed by atoms with van der Waals surface area (Å²) in [6, 6.07) is 0. The van der Waals surface area contributed by atoms with Gasteiger partial charge in [-0.25, -0.2) is 0 Å². The molecule has 6 nitrogen and oxygen atoms in total. The Morgan fingerprint density at radius 3 is 1.08 bits per heavy atom. The summed E-state index contributed by atoms with van der Waals surface area (Å²) in [6.45, 7) is 8.51. The summed E-state index contributed by atoms with van der Waals surface area (Å²) in [5.41, 5.74) is 0. The van der Waals surface area contributed by atoms with Crippen molar-refractivity contribution in [1.29, 1.82) is 0 Å². The van der Waals surface area contributed by atoms with Crippen molar-refractivity contribution in [2.45, 2.75) is 117 Å². The normalized spacial score (nSPS) is 12.3. The summed E-state index contributed by atoms with van der Waals surface area (Å²) in [4.78, 5) is 24.7. The zero-order chi connectivity index (χ0) is 28.5. The second-order valence-electron chi connectivity index (χ2n) is 12.8. The highest BCUT2D eigenvalue weighted by Gasteiger charge is 2.21. The number of carbonyl (C=O) groups is 2. The van der Waals surface area contributed by atoms with Crippen LogP contribution in [0.5, 0.6) is 0 Å². The highest BCUT2D eigenvalue weighted by molar-refractivity contribution is 5.81. The molecule has 0 saturated carbocycles. The molecule has 226 valence electrons. The first kappa shape index (κ1) is 37.2. The van der Waals surface area contributed by atoms with Gasteiger partial charge in [0.1, 0.15) is 26.3 Å². The van der Waals surface area contributed by atoms with Gasteiger partial charge in [-0.3, -0.25) is 9.59 Å². The Morgan fingerprint density at radius 2 is 0.763 bits per heavy atom. The van der Waals surface area contributed by atoms with Gasteiger partial charge in [0.05, 0.1) is 54.5 Å². The van der Waals surface area contributed by atoms with E-state index in [1.165, 1.54) is 103 Å². The van der Waals surface area contributed by atoms with Crippen molar-refractivity contribution in [3.63, 3.8) is 0 Å². The molecule has 0 aromatic rings. The molecule has 0 saturated heterocycles. The minimum absolute atomic E-state index is 0.124. The molecule has 0 spiro atoms. The standard InChI is InChI=1S/C32H66N2O4/c1-7-9-11-13-15-17-19-21-23-33(3,4)27-31(35)29-37-25-26-38-30-32(36)28-34(5,6)24-22-20-18-16-14-12-10-8-2/h7-30H2,1-6H3/q+2. The van der Waals surface area contributed by atoms with E-state index in [0.29, 0.717) is 26.3 Å². The third-order valence-corrected chi connectivity index (χ3v) is 7.34. The fraction of sp³-hybridized carbons (Fsp3) is 0.938. The van der Waals surface area contributed by atoms with Crippen molar-refractivity contribution < 1.29 is 28.0 Å². The zero-order valence-electron chi connectivity index (χ0n) is 26.5. The van der Waals surface area contributed by atoms with Gasteiger partial charge in [0.15, 0.2) is 0 Å². The number of hydrogen-bond donors (Lipinski definition) is 0. The average molecular weight is 543 g/mol. The molecule has 0 aromatic carbocycles. The lowest BCUT2D eigenvalue weighted by Crippen LogP contribution is -2.45. The number of carbonyl (C=O) groups excluding carboxylic acids is 2. The van der Waals surface area contributed by atoms with Gasteiger partial charge in [-0.2, -0.15) is 0 Å². The maximum atomic E-state index is 12.3. The number of ether oxygens (including phenoxy) is 2. The van der Waals surface area contributed by atoms with Gasteiger partial charge in [-0.05, 0) is 25.7 Å². The lowest BCUT2D eigenvalue weighted by Gasteiger charge is -2.29. The van der Waals surface area contributed by atoms with Crippen molar-refractivity contribution >= 4 is 11.6 Å². The van der Waals surface area contributed by atoms with Crippen LogP contribution in [-0.2, 0) is 19.1 Å². The molecule has 0 unspecified atom stereocenters. The highest BCUT2D eigenvalue weighted by Crippen LogP contribution is 2.11. The Balaban J connectivity index is 3.75. The molecule has 0 aliphatic carbocycles. The monoisotopic (exact) mass is 543 g/mol. The van der Waals surface area contributed by atoms with E-state index in [-0.39, 0.29) is 24.8 Å². The number of unbranched alkanes of at least 4 members (excludes halogenated alkanes) is 14. The van der Waals surface area contributed by atoms with Gasteiger partial charge in [0.25, 0.3) is 0 Å². The van der Waals surface area contributed by atoms with Gasteiger partial charge in [0, 0.05) is 0 Å². The number of hydrogen-bond acceptors (Lipinski definition) is 4. The number of rotatable bonds is 29. The largest absolute Gasteiger partial charge is 0.371 e. The van der Waals surface area contributed by atoms with Crippen LogP contribution in [0.3, 0.4) is 0 Å². The fourth-order valence-corrected chi connectivity index (χ4v) is 5.04. The topological polar surface area (TPSA) is 52.6 Å². The molecule has 6 heteroatoms. The first-order valence-corrected chi connectivity index (χ1v) is 15.9. The summed E-state index contributed by atoms with van der Waals surface area (Å²) in [5.74, 6) is 0.260. The Labute approximate surface area is 237 Å². The predicted molar refractivity (Wildman–Crippen MR) is 161 cm³/mol. The van der Waals surface area contributed by atoms with Crippen molar-refractivity contribution in [1.82, 2.24) is 0 Å². The molecule has 0 bridgehead atoms. The van der Waals surface area contributed by atoms with Crippen LogP contribution in [-0.4, -0.2) is 101 Å². The van der Waals surface area contributed by atoms with E-state index in [1.54, 1.807) is 0 Å². The van der Waals surface area contributed by atoms with E-state index in [9.17, 15) is 9.59 Å². The van der Waals surface area contributed by atoms with E-state index in [2.05, 4.69) is 42.0 Å². The second-order valence-corrected chi connectivity index (χ2v) is 12.8. The smallest absolute Gasteiger partial charge is 0.212 e. The molecule has 0 fully saturated rings. The van der Waals surface area contributed by atoms with Gasteiger partial charge in [0.2, 0.25) is 11.6 Å². The molecule has 0 aromatic heterocycles. The van der Waals surface area contributed by atoms with E-state index in [1.807, 2.05) is 0 Å². The van der Waals surface area contributed by atoms with Crippen LogP contribution in [0, 0.1) is 0 Å². The number of ketones is 2. The minimum atomic E-state index is 0.124. The third kappa shape index (κ3) is 25.5. The maximum Gasteiger partial charge on any atom is 0.212 e. The molecule has 0 rings (SSSR count). The molecule has 0 aliphatic heterocycles. The van der Waals surface area contributed by atoms with Gasteiger partial charge in [-0.15, -0.1) is 0 Å². The van der Waals surface area contributed by atoms with Crippen LogP contribution >= 0.6 is 0 Å². The highest BCUT2D eigenvalue weighted by atomic mass is 16.5. The number of likely N-dealkylation sites (N-methyl/N-ethyl adjacent to an activating group) is 2. The molecule has 0 atom stereocenters. The zero-order valence-corrected chi connectivity index (χ0v) is 26.5. The third-order valence-electron chi connectivity index (χ3n) is 7.34. The van der Waals surface area contributed by atoms with Crippen molar-refractivity contribution in [3.8, 4) is 0 Å². The quantitative estimate of drug-likeness (QED) is 0.0790. The Kier molecular flexibility index (Phi) is 23.5. The lowest BCUT2D eigenvalue weighted by atomic mass is 10.1. The summed E-state index contributed by atoms with van der Waals surface area (Å²) >= 11 is 0. The number of nitrogens with zero attached hydrogens (tertiary/aromatic N) is 2. The van der Waals surface area contributed by atoms with Crippen LogP contribution in [0.4, 0.5) is 0 Å². The lowest BCUT2D eigenvalue weighted by molar-refractivity contribution is -0.882. The molecule has 38 heavy (non-hydrogen) atoms. The van der Waals surface area contributed by atoms with Crippen LogP contribution in [0.25, 0.3) is 0 Å². The predicted octanol–water partition coefficient (Wildman–Crippen LogP) is 6.59.